The van der Waals surface area contributed by atoms with Gasteiger partial charge in [-0.15, -0.1) is 0 Å². The third kappa shape index (κ3) is 3.18. The van der Waals surface area contributed by atoms with E-state index in [1.54, 1.807) is 23.1 Å². The molecule has 25 heavy (non-hydrogen) atoms. The molecule has 2 fully saturated rings. The fourth-order valence-electron chi connectivity index (χ4n) is 4.04. The standard InChI is InChI=1S/C19H22FN3O2/c20-14-5-3-4-13(10-14)18-11-16(24)12-22(18)19(25)17-8-9-23(21-17)15-6-1-2-7-15/h3-5,8-10,15-16,18,24H,1-2,6-7,11-12H2/t16-,18-/m0/s1. The van der Waals surface area contributed by atoms with Crippen molar-refractivity contribution in [2.45, 2.75) is 50.3 Å². The summed E-state index contributed by atoms with van der Waals surface area (Å²) in [4.78, 5) is 14.5. The van der Waals surface area contributed by atoms with Crippen molar-refractivity contribution >= 4 is 5.91 Å². The van der Waals surface area contributed by atoms with Crippen LogP contribution in [0, 0.1) is 5.82 Å². The van der Waals surface area contributed by atoms with Gasteiger partial charge in [-0.25, -0.2) is 4.39 Å². The van der Waals surface area contributed by atoms with E-state index >= 15 is 0 Å². The van der Waals surface area contributed by atoms with Crippen molar-refractivity contribution in [3.05, 3.63) is 53.6 Å². The number of aromatic nitrogens is 2. The van der Waals surface area contributed by atoms with Crippen molar-refractivity contribution in [3.63, 3.8) is 0 Å². The molecule has 1 saturated heterocycles. The second kappa shape index (κ2) is 6.59. The Bertz CT molecular complexity index is 770. The average Bonchev–Trinajstić information content (AvgIpc) is 3.34. The minimum atomic E-state index is -0.603. The molecule has 0 radical (unpaired) electrons. The zero-order valence-corrected chi connectivity index (χ0v) is 14.0. The molecule has 0 spiro atoms. The first-order valence-electron chi connectivity index (χ1n) is 8.91. The molecule has 1 amide bonds. The van der Waals surface area contributed by atoms with Crippen molar-refractivity contribution in [1.29, 1.82) is 0 Å². The number of aliphatic hydroxyl groups is 1. The zero-order valence-electron chi connectivity index (χ0n) is 14.0. The average molecular weight is 343 g/mol. The van der Waals surface area contributed by atoms with Crippen LogP contribution in [0.4, 0.5) is 4.39 Å². The van der Waals surface area contributed by atoms with E-state index in [0.29, 0.717) is 23.7 Å². The Morgan fingerprint density at radius 1 is 1.24 bits per heavy atom. The molecule has 4 rings (SSSR count). The van der Waals surface area contributed by atoms with Crippen LogP contribution in [-0.2, 0) is 0 Å². The van der Waals surface area contributed by atoms with Crippen LogP contribution in [-0.4, -0.2) is 38.3 Å². The monoisotopic (exact) mass is 343 g/mol. The van der Waals surface area contributed by atoms with Crippen molar-refractivity contribution in [2.75, 3.05) is 6.54 Å². The highest BCUT2D eigenvalue weighted by atomic mass is 19.1. The lowest BCUT2D eigenvalue weighted by molar-refractivity contribution is 0.0708. The van der Waals surface area contributed by atoms with Crippen LogP contribution in [0.5, 0.6) is 0 Å². The Kier molecular flexibility index (Phi) is 4.29. The lowest BCUT2D eigenvalue weighted by Gasteiger charge is -2.24. The van der Waals surface area contributed by atoms with E-state index in [1.807, 2.05) is 10.9 Å². The number of hydrogen-bond acceptors (Lipinski definition) is 3. The highest BCUT2D eigenvalue weighted by Crippen LogP contribution is 2.34. The molecule has 6 heteroatoms. The molecule has 1 N–H and O–H groups in total. The first-order chi connectivity index (χ1) is 12.1. The first kappa shape index (κ1) is 16.3. The van der Waals surface area contributed by atoms with Gasteiger partial charge < -0.3 is 10.0 Å². The van der Waals surface area contributed by atoms with Crippen LogP contribution in [0.2, 0.25) is 0 Å². The molecule has 2 aliphatic rings. The van der Waals surface area contributed by atoms with Gasteiger partial charge >= 0.3 is 0 Å². The summed E-state index contributed by atoms with van der Waals surface area (Å²) in [5.74, 6) is -0.542. The number of aliphatic hydroxyl groups excluding tert-OH is 1. The van der Waals surface area contributed by atoms with Gasteiger partial charge in [-0.3, -0.25) is 9.48 Å². The molecule has 1 aromatic carbocycles. The Hall–Kier alpha value is -2.21. The largest absolute Gasteiger partial charge is 0.391 e. The lowest BCUT2D eigenvalue weighted by atomic mass is 10.0. The maximum Gasteiger partial charge on any atom is 0.274 e. The minimum Gasteiger partial charge on any atom is -0.391 e. The van der Waals surface area contributed by atoms with E-state index < -0.39 is 6.10 Å². The number of halogens is 1. The summed E-state index contributed by atoms with van der Waals surface area (Å²) in [6.07, 6.45) is 6.29. The summed E-state index contributed by atoms with van der Waals surface area (Å²) >= 11 is 0. The van der Waals surface area contributed by atoms with Crippen LogP contribution in [0.15, 0.2) is 36.5 Å². The number of nitrogens with zero attached hydrogens (tertiary/aromatic N) is 3. The van der Waals surface area contributed by atoms with Crippen LogP contribution in [0.3, 0.4) is 0 Å². The van der Waals surface area contributed by atoms with Crippen molar-refractivity contribution in [3.8, 4) is 0 Å². The molecule has 2 aromatic rings. The number of carbonyl (C=O) groups excluding carboxylic acids is 1. The fraction of sp³-hybridized carbons (Fsp3) is 0.474. The van der Waals surface area contributed by atoms with Gasteiger partial charge in [0.05, 0.1) is 18.2 Å². The first-order valence-corrected chi connectivity index (χ1v) is 8.91. The Morgan fingerprint density at radius 2 is 2.04 bits per heavy atom. The normalized spacial score (nSPS) is 24.2. The smallest absolute Gasteiger partial charge is 0.274 e. The van der Waals surface area contributed by atoms with Crippen molar-refractivity contribution in [2.24, 2.45) is 0 Å². The molecule has 0 unspecified atom stereocenters. The second-order valence-corrected chi connectivity index (χ2v) is 7.04. The number of benzene rings is 1. The van der Waals surface area contributed by atoms with Gasteiger partial charge in [0.25, 0.3) is 5.91 Å². The lowest BCUT2D eigenvalue weighted by Crippen LogP contribution is -2.32. The number of carbonyl (C=O) groups is 1. The summed E-state index contributed by atoms with van der Waals surface area (Å²) < 4.78 is 15.5. The molecule has 2 heterocycles. The Balaban J connectivity index is 1.57. The predicted octanol–water partition coefficient (Wildman–Crippen LogP) is 3.09. The van der Waals surface area contributed by atoms with Crippen LogP contribution < -0.4 is 0 Å². The summed E-state index contributed by atoms with van der Waals surface area (Å²) in [6.45, 7) is 0.246. The van der Waals surface area contributed by atoms with Gasteiger partial charge in [0.1, 0.15) is 11.5 Å². The molecular weight excluding hydrogens is 321 g/mol. The summed E-state index contributed by atoms with van der Waals surface area (Å²) in [5, 5.41) is 14.5. The quantitative estimate of drug-likeness (QED) is 0.932. The molecule has 132 valence electrons. The Labute approximate surface area is 146 Å². The highest BCUT2D eigenvalue weighted by Gasteiger charge is 2.36. The van der Waals surface area contributed by atoms with Gasteiger partial charge in [0, 0.05) is 12.7 Å². The van der Waals surface area contributed by atoms with Gasteiger partial charge in [0.2, 0.25) is 0 Å². The molecular formula is C19H22FN3O2. The maximum atomic E-state index is 13.6. The van der Waals surface area contributed by atoms with Gasteiger partial charge in [-0.2, -0.15) is 5.10 Å². The molecule has 1 aliphatic carbocycles. The molecule has 1 aromatic heterocycles. The second-order valence-electron chi connectivity index (χ2n) is 7.04. The molecule has 1 saturated carbocycles. The van der Waals surface area contributed by atoms with Crippen LogP contribution in [0.25, 0.3) is 0 Å². The summed E-state index contributed by atoms with van der Waals surface area (Å²) in [7, 11) is 0. The zero-order chi connectivity index (χ0) is 17.4. The van der Waals surface area contributed by atoms with E-state index in [0.717, 1.165) is 12.8 Å². The number of amides is 1. The van der Waals surface area contributed by atoms with E-state index in [2.05, 4.69) is 5.10 Å². The number of likely N-dealkylation sites (tertiary alicyclic amines) is 1. The molecule has 1 aliphatic heterocycles. The number of rotatable bonds is 3. The van der Waals surface area contributed by atoms with E-state index in [9.17, 15) is 14.3 Å². The van der Waals surface area contributed by atoms with Crippen molar-refractivity contribution in [1.82, 2.24) is 14.7 Å². The van der Waals surface area contributed by atoms with Crippen LogP contribution >= 0.6 is 0 Å². The van der Waals surface area contributed by atoms with E-state index in [1.165, 1.54) is 25.0 Å². The van der Waals surface area contributed by atoms with Crippen LogP contribution in [0.1, 0.15) is 60.2 Å². The third-order valence-corrected chi connectivity index (χ3v) is 5.30. The Morgan fingerprint density at radius 3 is 2.80 bits per heavy atom. The highest BCUT2D eigenvalue weighted by molar-refractivity contribution is 5.92. The SMILES string of the molecule is O=C(c1ccn(C2CCCC2)n1)N1C[C@@H](O)C[C@H]1c1cccc(F)c1. The third-order valence-electron chi connectivity index (χ3n) is 5.30. The number of hydrogen-bond donors (Lipinski definition) is 1. The van der Waals surface area contributed by atoms with Gasteiger partial charge in [-0.1, -0.05) is 25.0 Å². The topological polar surface area (TPSA) is 58.4 Å². The molecule has 0 bridgehead atoms. The summed E-state index contributed by atoms with van der Waals surface area (Å²) in [5.41, 5.74) is 1.10. The van der Waals surface area contributed by atoms with Gasteiger partial charge in [-0.05, 0) is 43.0 Å². The molecule has 5 nitrogen and oxygen atoms in total. The van der Waals surface area contributed by atoms with E-state index in [4.69, 9.17) is 0 Å². The number of β-amino-alcohol motifs (C(OH)–C–C–N with tert-alkyl or cyclic N) is 1. The summed E-state index contributed by atoms with van der Waals surface area (Å²) in [6, 6.07) is 8.04. The predicted molar refractivity (Wildman–Crippen MR) is 90.5 cm³/mol. The molecule has 2 atom stereocenters. The van der Waals surface area contributed by atoms with Gasteiger partial charge in [0.15, 0.2) is 0 Å². The maximum absolute atomic E-state index is 13.6. The fourth-order valence-corrected chi connectivity index (χ4v) is 4.04. The van der Waals surface area contributed by atoms with Crippen molar-refractivity contribution < 1.29 is 14.3 Å². The van der Waals surface area contributed by atoms with E-state index in [-0.39, 0.29) is 24.3 Å². The minimum absolute atomic E-state index is 0.206.